The first kappa shape index (κ1) is 9.32. The van der Waals surface area contributed by atoms with Gasteiger partial charge in [0.25, 0.3) is 0 Å². The van der Waals surface area contributed by atoms with Gasteiger partial charge >= 0.3 is 6.09 Å². The Hall–Kier alpha value is -0.770. The average Bonchev–Trinajstić information content (AvgIpc) is 2.04. The minimum Gasteiger partial charge on any atom is -0.465 e. The molecule has 2 N–H and O–H groups in total. The lowest BCUT2D eigenvalue weighted by molar-refractivity contribution is 0.0786. The van der Waals surface area contributed by atoms with E-state index in [1.54, 1.807) is 7.05 Å². The van der Waals surface area contributed by atoms with Gasteiger partial charge in [-0.25, -0.2) is 4.79 Å². The van der Waals surface area contributed by atoms with E-state index in [2.05, 4.69) is 0 Å². The van der Waals surface area contributed by atoms with Crippen LogP contribution in [0.5, 0.6) is 0 Å². The molecule has 0 atom stereocenters. The highest BCUT2D eigenvalue weighted by Gasteiger charge is 2.24. The maximum atomic E-state index is 10.5. The monoisotopic (exact) mass is 173 g/mol. The second kappa shape index (κ2) is 3.76. The lowest BCUT2D eigenvalue weighted by atomic mass is 9.92. The molecular weight excluding hydrogens is 158 g/mol. The number of hydrogen-bond acceptors (Lipinski definition) is 2. The van der Waals surface area contributed by atoms with E-state index >= 15 is 0 Å². The number of hydrogen-bond donors (Lipinski definition) is 2. The van der Waals surface area contributed by atoms with E-state index in [1.807, 2.05) is 0 Å². The van der Waals surface area contributed by atoms with Gasteiger partial charge in [0.15, 0.2) is 0 Å². The molecule has 0 aromatic carbocycles. The highest BCUT2D eigenvalue weighted by Crippen LogP contribution is 2.21. The zero-order valence-corrected chi connectivity index (χ0v) is 7.23. The van der Waals surface area contributed by atoms with E-state index in [0.29, 0.717) is 0 Å². The summed E-state index contributed by atoms with van der Waals surface area (Å²) in [7, 11) is 1.59. The van der Waals surface area contributed by atoms with Gasteiger partial charge in [-0.05, 0) is 25.7 Å². The summed E-state index contributed by atoms with van der Waals surface area (Å²) in [5.74, 6) is 0. The zero-order chi connectivity index (χ0) is 9.14. The predicted molar refractivity (Wildman–Crippen MR) is 44.1 cm³/mol. The number of aliphatic hydroxyl groups excluding tert-OH is 1. The Labute approximate surface area is 71.8 Å². The van der Waals surface area contributed by atoms with Crippen molar-refractivity contribution in [3.8, 4) is 0 Å². The molecule has 0 radical (unpaired) electrons. The van der Waals surface area contributed by atoms with Crippen LogP contribution in [0, 0.1) is 0 Å². The van der Waals surface area contributed by atoms with E-state index in [4.69, 9.17) is 5.11 Å². The van der Waals surface area contributed by atoms with Crippen molar-refractivity contribution in [1.82, 2.24) is 4.90 Å². The molecule has 0 heterocycles. The summed E-state index contributed by atoms with van der Waals surface area (Å²) in [4.78, 5) is 11.9. The smallest absolute Gasteiger partial charge is 0.407 e. The van der Waals surface area contributed by atoms with Gasteiger partial charge in [0.05, 0.1) is 6.10 Å². The van der Waals surface area contributed by atoms with E-state index in [9.17, 15) is 9.90 Å². The maximum absolute atomic E-state index is 10.5. The molecule has 0 aromatic heterocycles. The SMILES string of the molecule is CN(C(=O)O)[C@H]1CC[C@H](O)CC1. The van der Waals surface area contributed by atoms with Gasteiger partial charge in [-0.2, -0.15) is 0 Å². The van der Waals surface area contributed by atoms with Gasteiger partial charge in [0.2, 0.25) is 0 Å². The molecular formula is C8H15NO3. The molecule has 1 aliphatic carbocycles. The van der Waals surface area contributed by atoms with Gasteiger partial charge in [-0.15, -0.1) is 0 Å². The van der Waals surface area contributed by atoms with E-state index in [-0.39, 0.29) is 12.1 Å². The first-order chi connectivity index (χ1) is 5.61. The van der Waals surface area contributed by atoms with Crippen LogP contribution in [0.4, 0.5) is 4.79 Å². The molecule has 12 heavy (non-hydrogen) atoms. The van der Waals surface area contributed by atoms with Crippen molar-refractivity contribution in [3.63, 3.8) is 0 Å². The van der Waals surface area contributed by atoms with Crippen molar-refractivity contribution in [2.75, 3.05) is 7.05 Å². The quantitative estimate of drug-likeness (QED) is 0.619. The Balaban J connectivity index is 2.39. The third-order valence-corrected chi connectivity index (χ3v) is 2.52. The topological polar surface area (TPSA) is 60.8 Å². The molecule has 0 aliphatic heterocycles. The third kappa shape index (κ3) is 2.11. The van der Waals surface area contributed by atoms with Crippen molar-refractivity contribution in [1.29, 1.82) is 0 Å². The molecule has 0 saturated heterocycles. The summed E-state index contributed by atoms with van der Waals surface area (Å²) >= 11 is 0. The Morgan fingerprint density at radius 3 is 2.25 bits per heavy atom. The Bertz CT molecular complexity index is 164. The molecule has 1 saturated carbocycles. The molecule has 0 aromatic rings. The largest absolute Gasteiger partial charge is 0.465 e. The molecule has 0 spiro atoms. The fourth-order valence-corrected chi connectivity index (χ4v) is 1.60. The molecule has 0 unspecified atom stereocenters. The molecule has 1 rings (SSSR count). The van der Waals surface area contributed by atoms with E-state index < -0.39 is 6.09 Å². The molecule has 1 amide bonds. The highest BCUT2D eigenvalue weighted by molar-refractivity contribution is 5.64. The van der Waals surface area contributed by atoms with Crippen molar-refractivity contribution < 1.29 is 15.0 Å². The Morgan fingerprint density at radius 2 is 1.83 bits per heavy atom. The second-order valence-corrected chi connectivity index (χ2v) is 3.36. The van der Waals surface area contributed by atoms with Gasteiger partial charge < -0.3 is 15.1 Å². The highest BCUT2D eigenvalue weighted by atomic mass is 16.4. The number of rotatable bonds is 1. The number of amides is 1. The first-order valence-corrected chi connectivity index (χ1v) is 4.25. The van der Waals surface area contributed by atoms with Gasteiger partial charge in [0.1, 0.15) is 0 Å². The van der Waals surface area contributed by atoms with Gasteiger partial charge in [-0.1, -0.05) is 0 Å². The second-order valence-electron chi connectivity index (χ2n) is 3.36. The summed E-state index contributed by atoms with van der Waals surface area (Å²) in [5.41, 5.74) is 0. The first-order valence-electron chi connectivity index (χ1n) is 4.25. The lowest BCUT2D eigenvalue weighted by Crippen LogP contribution is -2.39. The Morgan fingerprint density at radius 1 is 1.33 bits per heavy atom. The van der Waals surface area contributed by atoms with Gasteiger partial charge in [-0.3, -0.25) is 0 Å². The fourth-order valence-electron chi connectivity index (χ4n) is 1.60. The van der Waals surface area contributed by atoms with Gasteiger partial charge in [0, 0.05) is 13.1 Å². The van der Waals surface area contributed by atoms with E-state index in [1.165, 1.54) is 4.90 Å². The minimum absolute atomic E-state index is 0.103. The minimum atomic E-state index is -0.878. The molecule has 4 heteroatoms. The van der Waals surface area contributed by atoms with Crippen LogP contribution in [0.3, 0.4) is 0 Å². The lowest BCUT2D eigenvalue weighted by Gasteiger charge is -2.31. The summed E-state index contributed by atoms with van der Waals surface area (Å²) in [6.45, 7) is 0. The molecule has 4 nitrogen and oxygen atoms in total. The van der Waals surface area contributed by atoms with Crippen LogP contribution in [0.25, 0.3) is 0 Å². The predicted octanol–water partition coefficient (Wildman–Crippen LogP) is 0.900. The van der Waals surface area contributed by atoms with Crippen molar-refractivity contribution >= 4 is 6.09 Å². The van der Waals surface area contributed by atoms with Crippen LogP contribution in [-0.2, 0) is 0 Å². The zero-order valence-electron chi connectivity index (χ0n) is 7.23. The van der Waals surface area contributed by atoms with Crippen LogP contribution in [0.1, 0.15) is 25.7 Å². The number of carbonyl (C=O) groups is 1. The summed E-state index contributed by atoms with van der Waals surface area (Å²) in [5, 5.41) is 17.8. The maximum Gasteiger partial charge on any atom is 0.407 e. The summed E-state index contributed by atoms with van der Waals surface area (Å²) in [6, 6.07) is 0.103. The molecule has 1 aliphatic rings. The Kier molecular flexibility index (Phi) is 2.92. The third-order valence-electron chi connectivity index (χ3n) is 2.52. The molecule has 1 fully saturated rings. The number of carboxylic acid groups (broad SMARTS) is 1. The average molecular weight is 173 g/mol. The van der Waals surface area contributed by atoms with Crippen LogP contribution >= 0.6 is 0 Å². The standard InChI is InChI=1S/C8H15NO3/c1-9(8(11)12)6-2-4-7(10)5-3-6/h6-7,10H,2-5H2,1H3,(H,11,12)/t6-,7-. The molecule has 70 valence electrons. The van der Waals surface area contributed by atoms with Crippen LogP contribution in [0.2, 0.25) is 0 Å². The normalized spacial score (nSPS) is 29.8. The molecule has 0 bridgehead atoms. The summed E-state index contributed by atoms with van der Waals surface area (Å²) in [6.07, 6.45) is 1.92. The van der Waals surface area contributed by atoms with Crippen LogP contribution in [0.15, 0.2) is 0 Å². The summed E-state index contributed by atoms with van der Waals surface area (Å²) < 4.78 is 0. The van der Waals surface area contributed by atoms with Crippen molar-refractivity contribution in [2.24, 2.45) is 0 Å². The van der Waals surface area contributed by atoms with Crippen molar-refractivity contribution in [3.05, 3.63) is 0 Å². The number of nitrogens with zero attached hydrogens (tertiary/aromatic N) is 1. The number of aliphatic hydroxyl groups is 1. The van der Waals surface area contributed by atoms with E-state index in [0.717, 1.165) is 25.7 Å². The van der Waals surface area contributed by atoms with Crippen LogP contribution in [-0.4, -0.2) is 40.4 Å². The van der Waals surface area contributed by atoms with Crippen LogP contribution < -0.4 is 0 Å². The van der Waals surface area contributed by atoms with Crippen molar-refractivity contribution in [2.45, 2.75) is 37.8 Å². The fraction of sp³-hybridized carbons (Fsp3) is 0.875.